The van der Waals surface area contributed by atoms with Crippen molar-refractivity contribution in [2.45, 2.75) is 32.6 Å². The number of hydrogen-bond acceptors (Lipinski definition) is 3. The van der Waals surface area contributed by atoms with E-state index in [1.165, 1.54) is 23.5 Å². The molecule has 3 aromatic rings. The van der Waals surface area contributed by atoms with Crippen molar-refractivity contribution in [3.05, 3.63) is 52.5 Å². The number of alkyl halides is 3. The van der Waals surface area contributed by atoms with Crippen molar-refractivity contribution >= 4 is 28.3 Å². The average molecular weight is 381 g/mol. The van der Waals surface area contributed by atoms with Crippen molar-refractivity contribution < 1.29 is 18.0 Å². The zero-order chi connectivity index (χ0) is 18.9. The Bertz CT molecular complexity index is 900. The van der Waals surface area contributed by atoms with E-state index in [2.05, 4.69) is 10.3 Å². The molecule has 0 fully saturated rings. The van der Waals surface area contributed by atoms with Crippen LogP contribution < -0.4 is 5.32 Å². The summed E-state index contributed by atoms with van der Waals surface area (Å²) in [5, 5.41) is 4.76. The van der Waals surface area contributed by atoms with Crippen LogP contribution in [0.25, 0.3) is 11.0 Å². The predicted molar refractivity (Wildman–Crippen MR) is 94.8 cm³/mol. The maximum absolute atomic E-state index is 13.3. The first kappa shape index (κ1) is 18.4. The van der Waals surface area contributed by atoms with Crippen molar-refractivity contribution in [3.63, 3.8) is 0 Å². The maximum atomic E-state index is 13.3. The molecule has 0 spiro atoms. The summed E-state index contributed by atoms with van der Waals surface area (Å²) in [6.45, 7) is 3.47. The van der Waals surface area contributed by atoms with E-state index in [4.69, 9.17) is 0 Å². The summed E-state index contributed by atoms with van der Waals surface area (Å²) in [6, 6.07) is 9.82. The number of carbonyl (C=O) groups excluding carboxylic acids is 1. The Morgan fingerprint density at radius 3 is 2.58 bits per heavy atom. The van der Waals surface area contributed by atoms with Gasteiger partial charge in [-0.3, -0.25) is 4.79 Å². The Morgan fingerprint density at radius 1 is 1.23 bits per heavy atom. The first-order chi connectivity index (χ1) is 12.3. The number of imidazole rings is 1. The molecular formula is C18H18F3N3OS. The van der Waals surface area contributed by atoms with Crippen LogP contribution in [0.4, 0.5) is 13.2 Å². The van der Waals surface area contributed by atoms with Gasteiger partial charge in [0.1, 0.15) is 6.54 Å². The molecule has 138 valence electrons. The Morgan fingerprint density at radius 2 is 1.96 bits per heavy atom. The van der Waals surface area contributed by atoms with Gasteiger partial charge in [0.25, 0.3) is 0 Å². The van der Waals surface area contributed by atoms with E-state index in [-0.39, 0.29) is 23.0 Å². The van der Waals surface area contributed by atoms with Crippen LogP contribution in [0.5, 0.6) is 0 Å². The minimum absolute atomic E-state index is 0.110. The highest BCUT2D eigenvalue weighted by Crippen LogP contribution is 2.31. The van der Waals surface area contributed by atoms with E-state index in [1.54, 1.807) is 12.1 Å². The predicted octanol–water partition coefficient (Wildman–Crippen LogP) is 4.63. The second-order valence-corrected chi connectivity index (χ2v) is 7.29. The third-order valence-corrected chi connectivity index (χ3v) is 5.00. The minimum Gasteiger partial charge on any atom is -0.347 e. The number of nitrogens with one attached hydrogen (secondary N) is 1. The second kappa shape index (κ2) is 7.11. The molecular weight excluding hydrogens is 363 g/mol. The highest BCUT2D eigenvalue weighted by Gasteiger charge is 2.38. The molecule has 26 heavy (non-hydrogen) atoms. The van der Waals surface area contributed by atoms with Crippen molar-refractivity contribution in [2.75, 3.05) is 0 Å². The fourth-order valence-corrected chi connectivity index (χ4v) is 3.80. The van der Waals surface area contributed by atoms with Gasteiger partial charge in [-0.1, -0.05) is 32.0 Å². The molecule has 0 bridgehead atoms. The number of thiophene rings is 1. The number of halogens is 3. The minimum atomic E-state index is -4.63. The maximum Gasteiger partial charge on any atom is 0.449 e. The second-order valence-electron chi connectivity index (χ2n) is 6.31. The van der Waals surface area contributed by atoms with Gasteiger partial charge in [-0.2, -0.15) is 13.2 Å². The highest BCUT2D eigenvalue weighted by molar-refractivity contribution is 7.10. The quantitative estimate of drug-likeness (QED) is 0.700. The van der Waals surface area contributed by atoms with Crippen LogP contribution in [-0.4, -0.2) is 15.5 Å². The summed E-state index contributed by atoms with van der Waals surface area (Å²) in [6.07, 6.45) is -4.63. The molecule has 2 aromatic heterocycles. The molecule has 0 aliphatic rings. The van der Waals surface area contributed by atoms with Crippen LogP contribution in [0.2, 0.25) is 0 Å². The van der Waals surface area contributed by atoms with Crippen LogP contribution >= 0.6 is 11.3 Å². The lowest BCUT2D eigenvalue weighted by Crippen LogP contribution is -2.34. The Kier molecular flexibility index (Phi) is 5.04. The van der Waals surface area contributed by atoms with Crippen LogP contribution in [0, 0.1) is 5.92 Å². The van der Waals surface area contributed by atoms with Crippen molar-refractivity contribution in [3.8, 4) is 0 Å². The van der Waals surface area contributed by atoms with Crippen molar-refractivity contribution in [1.82, 2.24) is 14.9 Å². The summed E-state index contributed by atoms with van der Waals surface area (Å²) < 4.78 is 40.9. The molecule has 4 nitrogen and oxygen atoms in total. The SMILES string of the molecule is CC(C)C(NC(=O)Cn1c(C(F)(F)F)nc2ccccc21)c1cccs1. The first-order valence-electron chi connectivity index (χ1n) is 8.12. The number of fused-ring (bicyclic) bond motifs is 1. The lowest BCUT2D eigenvalue weighted by molar-refractivity contribution is -0.147. The molecule has 1 atom stereocenters. The zero-order valence-corrected chi connectivity index (χ0v) is 15.1. The lowest BCUT2D eigenvalue weighted by Gasteiger charge is -2.22. The molecule has 0 aliphatic carbocycles. The molecule has 0 radical (unpaired) electrons. The number of para-hydroxylation sites is 2. The van der Waals surface area contributed by atoms with Gasteiger partial charge >= 0.3 is 6.18 Å². The summed E-state index contributed by atoms with van der Waals surface area (Å²) >= 11 is 1.51. The molecule has 1 aromatic carbocycles. The number of hydrogen-bond donors (Lipinski definition) is 1. The van der Waals surface area contributed by atoms with E-state index < -0.39 is 24.5 Å². The number of rotatable bonds is 5. The largest absolute Gasteiger partial charge is 0.449 e. The summed E-state index contributed by atoms with van der Waals surface area (Å²) in [4.78, 5) is 17.2. The number of nitrogens with zero attached hydrogens (tertiary/aromatic N) is 2. The lowest BCUT2D eigenvalue weighted by atomic mass is 10.0. The topological polar surface area (TPSA) is 46.9 Å². The Labute approximate surface area is 152 Å². The van der Waals surface area contributed by atoms with E-state index in [9.17, 15) is 18.0 Å². The normalized spacial score (nSPS) is 13.3. The highest BCUT2D eigenvalue weighted by atomic mass is 32.1. The van der Waals surface area contributed by atoms with Gasteiger partial charge in [-0.15, -0.1) is 11.3 Å². The summed E-state index contributed by atoms with van der Waals surface area (Å²) in [5.41, 5.74) is 0.499. The molecule has 1 unspecified atom stereocenters. The number of benzene rings is 1. The Balaban J connectivity index is 1.89. The van der Waals surface area contributed by atoms with Gasteiger partial charge in [0.15, 0.2) is 0 Å². The van der Waals surface area contributed by atoms with Gasteiger partial charge in [-0.25, -0.2) is 4.98 Å². The molecule has 0 saturated carbocycles. The van der Waals surface area contributed by atoms with Gasteiger partial charge < -0.3 is 9.88 Å². The molecule has 0 aliphatic heterocycles. The third kappa shape index (κ3) is 3.75. The third-order valence-electron chi connectivity index (χ3n) is 4.04. The molecule has 0 saturated heterocycles. The van der Waals surface area contributed by atoms with Crippen LogP contribution in [0.15, 0.2) is 41.8 Å². The molecule has 8 heteroatoms. The number of amides is 1. The molecule has 3 rings (SSSR count). The fraction of sp³-hybridized carbons (Fsp3) is 0.333. The van der Waals surface area contributed by atoms with Gasteiger partial charge in [-0.05, 0) is 29.5 Å². The molecule has 1 N–H and O–H groups in total. The van der Waals surface area contributed by atoms with Crippen molar-refractivity contribution in [2.24, 2.45) is 5.92 Å². The van der Waals surface area contributed by atoms with E-state index >= 15 is 0 Å². The van der Waals surface area contributed by atoms with Crippen LogP contribution in [0.3, 0.4) is 0 Å². The van der Waals surface area contributed by atoms with Gasteiger partial charge in [0, 0.05) is 4.88 Å². The van der Waals surface area contributed by atoms with Gasteiger partial charge in [0.2, 0.25) is 11.7 Å². The molecule has 2 heterocycles. The van der Waals surface area contributed by atoms with Crippen molar-refractivity contribution in [1.29, 1.82) is 0 Å². The zero-order valence-electron chi connectivity index (χ0n) is 14.2. The summed E-state index contributed by atoms with van der Waals surface area (Å²) in [7, 11) is 0. The van der Waals surface area contributed by atoms with E-state index in [0.29, 0.717) is 0 Å². The fourth-order valence-electron chi connectivity index (χ4n) is 2.85. The first-order valence-corrected chi connectivity index (χ1v) is 9.00. The van der Waals surface area contributed by atoms with Crippen LogP contribution in [-0.2, 0) is 17.5 Å². The summed E-state index contributed by atoms with van der Waals surface area (Å²) in [5.74, 6) is -1.43. The van der Waals surface area contributed by atoms with E-state index in [0.717, 1.165) is 9.44 Å². The Hall–Kier alpha value is -2.35. The van der Waals surface area contributed by atoms with Gasteiger partial charge in [0.05, 0.1) is 17.1 Å². The smallest absolute Gasteiger partial charge is 0.347 e. The number of carbonyl (C=O) groups is 1. The number of aromatic nitrogens is 2. The van der Waals surface area contributed by atoms with E-state index in [1.807, 2.05) is 31.4 Å². The average Bonchev–Trinajstić information content (AvgIpc) is 3.20. The van der Waals surface area contributed by atoms with Crippen LogP contribution in [0.1, 0.15) is 30.6 Å². The monoisotopic (exact) mass is 381 g/mol. The standard InChI is InChI=1S/C18H18F3N3OS/c1-11(2)16(14-8-5-9-26-14)23-15(25)10-24-13-7-4-3-6-12(13)22-17(24)18(19,20)21/h3-9,11,16H,10H2,1-2H3,(H,23,25). The molecule has 1 amide bonds.